The van der Waals surface area contributed by atoms with E-state index >= 15 is 0 Å². The van der Waals surface area contributed by atoms with Gasteiger partial charge in [-0.15, -0.1) is 0 Å². The third-order valence-electron chi connectivity index (χ3n) is 5.57. The maximum atomic E-state index is 5.87. The third-order valence-corrected chi connectivity index (χ3v) is 5.57. The lowest BCUT2D eigenvalue weighted by Crippen LogP contribution is -2.46. The number of hydrogen-bond acceptors (Lipinski definition) is 5. The molecule has 5 nitrogen and oxygen atoms in total. The highest BCUT2D eigenvalue weighted by atomic mass is 16.7. The minimum atomic E-state index is 0.406. The summed E-state index contributed by atoms with van der Waals surface area (Å²) in [6, 6.07) is 10.9. The van der Waals surface area contributed by atoms with Crippen LogP contribution in [0.4, 0.5) is 5.82 Å². The lowest BCUT2D eigenvalue weighted by Gasteiger charge is -2.41. The lowest BCUT2D eigenvalue weighted by atomic mass is 9.79. The van der Waals surface area contributed by atoms with E-state index in [0.29, 0.717) is 18.6 Å². The van der Waals surface area contributed by atoms with Crippen molar-refractivity contribution in [3.63, 3.8) is 0 Å². The molecule has 1 saturated heterocycles. The summed E-state index contributed by atoms with van der Waals surface area (Å²) in [6.07, 6.45) is 6.01. The van der Waals surface area contributed by atoms with Crippen molar-refractivity contribution in [1.29, 1.82) is 0 Å². The van der Waals surface area contributed by atoms with Crippen molar-refractivity contribution >= 4 is 11.9 Å². The molecule has 1 aromatic carbocycles. The fraction of sp³-hybridized carbons (Fsp3) is 0.429. The number of nitrogens with zero attached hydrogens (tertiary/aromatic N) is 4. The first-order valence-corrected chi connectivity index (χ1v) is 9.32. The molecular formula is C21H26N4O. The van der Waals surface area contributed by atoms with Gasteiger partial charge in [0, 0.05) is 38.2 Å². The molecule has 1 aromatic heterocycles. The van der Waals surface area contributed by atoms with Crippen LogP contribution in [0.1, 0.15) is 30.2 Å². The standard InChI is InChI=1S/C21H26N4O/c1-4-20-17-11-19-18(10-16(17)13-26-25(20)3)21(23-14-22-19)24(2)12-15-8-6-5-7-9-15/h5-10,14,17,20H,4,11-13H2,1-3H3/t17?,20-/m1/s1. The maximum Gasteiger partial charge on any atom is 0.139 e. The molecule has 1 unspecified atom stereocenters. The second-order valence-electron chi connectivity index (χ2n) is 7.22. The van der Waals surface area contributed by atoms with Crippen molar-refractivity contribution in [2.45, 2.75) is 32.4 Å². The van der Waals surface area contributed by atoms with Crippen LogP contribution in [0.2, 0.25) is 0 Å². The molecular weight excluding hydrogens is 324 g/mol. The number of anilines is 1. The van der Waals surface area contributed by atoms with Crippen LogP contribution in [0.3, 0.4) is 0 Å². The fourth-order valence-corrected chi connectivity index (χ4v) is 4.20. The van der Waals surface area contributed by atoms with Crippen molar-refractivity contribution in [2.75, 3.05) is 25.6 Å². The van der Waals surface area contributed by atoms with Crippen LogP contribution >= 0.6 is 0 Å². The molecule has 1 aliphatic carbocycles. The first kappa shape index (κ1) is 17.2. The molecule has 0 N–H and O–H groups in total. The number of aromatic nitrogens is 2. The molecule has 5 heteroatoms. The van der Waals surface area contributed by atoms with Gasteiger partial charge < -0.3 is 4.90 Å². The minimum absolute atomic E-state index is 0.406. The van der Waals surface area contributed by atoms with Crippen LogP contribution < -0.4 is 4.90 Å². The van der Waals surface area contributed by atoms with E-state index in [1.165, 1.54) is 11.1 Å². The number of fused-ring (bicyclic) bond motifs is 2. The van der Waals surface area contributed by atoms with Crippen molar-refractivity contribution < 1.29 is 4.84 Å². The van der Waals surface area contributed by atoms with E-state index in [1.54, 1.807) is 6.33 Å². The van der Waals surface area contributed by atoms with Gasteiger partial charge in [-0.2, -0.15) is 5.06 Å². The predicted octanol–water partition coefficient (Wildman–Crippen LogP) is 3.32. The molecule has 0 amide bonds. The summed E-state index contributed by atoms with van der Waals surface area (Å²) in [5, 5.41) is 2.02. The average Bonchev–Trinajstić information content (AvgIpc) is 2.67. The highest BCUT2D eigenvalue weighted by Crippen LogP contribution is 2.38. The van der Waals surface area contributed by atoms with Gasteiger partial charge in [-0.05, 0) is 30.1 Å². The summed E-state index contributed by atoms with van der Waals surface area (Å²) in [5.74, 6) is 1.48. The van der Waals surface area contributed by atoms with Crippen LogP contribution in [0.15, 0.2) is 42.2 Å². The monoisotopic (exact) mass is 350 g/mol. The Labute approximate surface area is 155 Å². The molecule has 1 fully saturated rings. The first-order chi connectivity index (χ1) is 12.7. The van der Waals surface area contributed by atoms with E-state index in [9.17, 15) is 0 Å². The first-order valence-electron chi connectivity index (χ1n) is 9.32. The quantitative estimate of drug-likeness (QED) is 0.846. The molecule has 2 aliphatic rings. The zero-order valence-electron chi connectivity index (χ0n) is 15.7. The van der Waals surface area contributed by atoms with Gasteiger partial charge in [0.2, 0.25) is 0 Å². The van der Waals surface area contributed by atoms with Gasteiger partial charge in [-0.3, -0.25) is 4.84 Å². The van der Waals surface area contributed by atoms with E-state index in [0.717, 1.165) is 36.5 Å². The molecule has 26 heavy (non-hydrogen) atoms. The average molecular weight is 350 g/mol. The van der Waals surface area contributed by atoms with E-state index in [4.69, 9.17) is 4.84 Å². The van der Waals surface area contributed by atoms with Crippen LogP contribution in [-0.2, 0) is 17.8 Å². The van der Waals surface area contributed by atoms with E-state index in [1.807, 2.05) is 18.2 Å². The van der Waals surface area contributed by atoms with Gasteiger partial charge >= 0.3 is 0 Å². The highest BCUT2D eigenvalue weighted by molar-refractivity contribution is 5.70. The minimum Gasteiger partial charge on any atom is -0.355 e. The van der Waals surface area contributed by atoms with Gasteiger partial charge in [-0.1, -0.05) is 37.3 Å². The van der Waals surface area contributed by atoms with Crippen molar-refractivity contribution in [3.05, 3.63) is 59.1 Å². The molecule has 0 radical (unpaired) electrons. The Morgan fingerprint density at radius 2 is 2.04 bits per heavy atom. The summed E-state index contributed by atoms with van der Waals surface area (Å²) in [4.78, 5) is 17.3. The summed E-state index contributed by atoms with van der Waals surface area (Å²) in [7, 11) is 4.14. The predicted molar refractivity (Wildman–Crippen MR) is 104 cm³/mol. The zero-order valence-corrected chi connectivity index (χ0v) is 15.7. The van der Waals surface area contributed by atoms with Crippen molar-refractivity contribution in [3.8, 4) is 0 Å². The second-order valence-corrected chi connectivity index (χ2v) is 7.22. The largest absolute Gasteiger partial charge is 0.355 e. The van der Waals surface area contributed by atoms with Crippen molar-refractivity contribution in [2.24, 2.45) is 5.92 Å². The van der Waals surface area contributed by atoms with Crippen LogP contribution in [0, 0.1) is 5.92 Å². The summed E-state index contributed by atoms with van der Waals surface area (Å²) >= 11 is 0. The van der Waals surface area contributed by atoms with E-state index in [2.05, 4.69) is 59.2 Å². The summed E-state index contributed by atoms with van der Waals surface area (Å²) in [5.41, 5.74) is 4.95. The van der Waals surface area contributed by atoms with Gasteiger partial charge in [0.25, 0.3) is 0 Å². The Balaban J connectivity index is 1.65. The number of hydrogen-bond donors (Lipinski definition) is 0. The third kappa shape index (κ3) is 3.13. The molecule has 4 rings (SSSR count). The molecule has 0 saturated carbocycles. The van der Waals surface area contributed by atoms with Crippen molar-refractivity contribution in [1.82, 2.24) is 15.0 Å². The Morgan fingerprint density at radius 1 is 1.23 bits per heavy atom. The smallest absolute Gasteiger partial charge is 0.139 e. The van der Waals surface area contributed by atoms with Gasteiger partial charge in [0.1, 0.15) is 12.1 Å². The van der Waals surface area contributed by atoms with Gasteiger partial charge in [0.05, 0.1) is 12.3 Å². The number of benzene rings is 1. The Bertz CT molecular complexity index is 805. The Kier molecular flexibility index (Phi) is 4.74. The molecule has 2 atom stereocenters. The number of hydroxylamine groups is 2. The highest BCUT2D eigenvalue weighted by Gasteiger charge is 2.36. The van der Waals surface area contributed by atoms with Gasteiger partial charge in [0.15, 0.2) is 0 Å². The maximum absolute atomic E-state index is 5.87. The lowest BCUT2D eigenvalue weighted by molar-refractivity contribution is -0.191. The normalized spacial score (nSPS) is 22.3. The molecule has 136 valence electrons. The molecule has 2 aromatic rings. The molecule has 2 heterocycles. The molecule has 1 aliphatic heterocycles. The van der Waals surface area contributed by atoms with Crippen LogP contribution in [0.5, 0.6) is 0 Å². The van der Waals surface area contributed by atoms with Crippen LogP contribution in [-0.4, -0.2) is 41.8 Å². The van der Waals surface area contributed by atoms with E-state index in [-0.39, 0.29) is 0 Å². The van der Waals surface area contributed by atoms with E-state index < -0.39 is 0 Å². The summed E-state index contributed by atoms with van der Waals surface area (Å²) in [6.45, 7) is 3.71. The zero-order chi connectivity index (χ0) is 18.1. The second kappa shape index (κ2) is 7.17. The summed E-state index contributed by atoms with van der Waals surface area (Å²) < 4.78 is 0. The fourth-order valence-electron chi connectivity index (χ4n) is 4.20. The molecule has 0 bridgehead atoms. The molecule has 0 spiro atoms. The number of rotatable bonds is 4. The SMILES string of the molecule is CC[C@@H]1C2Cc3ncnc(N(C)Cc4ccccc4)c3C=C2CON1C. The topological polar surface area (TPSA) is 41.5 Å². The van der Waals surface area contributed by atoms with Gasteiger partial charge in [-0.25, -0.2) is 9.97 Å². The van der Waals surface area contributed by atoms with Crippen LogP contribution in [0.25, 0.3) is 6.08 Å². The Hall–Kier alpha value is -2.24. The Morgan fingerprint density at radius 3 is 2.81 bits per heavy atom.